The summed E-state index contributed by atoms with van der Waals surface area (Å²) >= 11 is 6.07. The number of ether oxygens (including phenoxy) is 1. The zero-order valence-electron chi connectivity index (χ0n) is 9.63. The lowest BCUT2D eigenvalue weighted by atomic mass is 9.77. The molecule has 0 saturated heterocycles. The highest BCUT2D eigenvalue weighted by Gasteiger charge is 2.29. The number of hydrogen-bond donors (Lipinski definition) is 1. The number of benzene rings is 1. The summed E-state index contributed by atoms with van der Waals surface area (Å²) in [6, 6.07) is 5.80. The number of methoxy groups -OCH3 is 1. The van der Waals surface area contributed by atoms with E-state index in [1.165, 1.54) is 19.3 Å². The van der Waals surface area contributed by atoms with E-state index in [0.29, 0.717) is 5.02 Å². The maximum Gasteiger partial charge on any atom is 0.120 e. The molecule has 1 fully saturated rings. The number of hydrogen-bond acceptors (Lipinski definition) is 2. The minimum absolute atomic E-state index is 0.212. The van der Waals surface area contributed by atoms with Gasteiger partial charge in [0, 0.05) is 10.6 Å². The summed E-state index contributed by atoms with van der Waals surface area (Å²) in [4.78, 5) is 0. The molecule has 2 rings (SSSR count). The van der Waals surface area contributed by atoms with Gasteiger partial charge >= 0.3 is 0 Å². The molecule has 0 amide bonds. The lowest BCUT2D eigenvalue weighted by molar-refractivity contribution is 0.301. The van der Waals surface area contributed by atoms with E-state index < -0.39 is 0 Å². The van der Waals surface area contributed by atoms with Crippen molar-refractivity contribution in [2.24, 2.45) is 5.73 Å². The van der Waals surface area contributed by atoms with Gasteiger partial charge in [0.15, 0.2) is 0 Å². The minimum Gasteiger partial charge on any atom is -0.497 e. The molecule has 3 heteroatoms. The Morgan fingerprint density at radius 3 is 2.50 bits per heavy atom. The molecular formula is C13H18ClNO. The van der Waals surface area contributed by atoms with Crippen molar-refractivity contribution in [2.75, 3.05) is 7.11 Å². The summed E-state index contributed by atoms with van der Waals surface area (Å²) in [5, 5.41) is 0.699. The Balaban J connectivity index is 2.34. The highest BCUT2D eigenvalue weighted by molar-refractivity contribution is 6.30. The van der Waals surface area contributed by atoms with Gasteiger partial charge in [-0.1, -0.05) is 30.9 Å². The second kappa shape index (κ2) is 4.64. The molecule has 0 heterocycles. The molecule has 0 bridgehead atoms. The van der Waals surface area contributed by atoms with Crippen LogP contribution in [-0.4, -0.2) is 7.11 Å². The first-order valence-electron chi connectivity index (χ1n) is 5.78. The topological polar surface area (TPSA) is 35.2 Å². The fraction of sp³-hybridized carbons (Fsp3) is 0.538. The van der Waals surface area contributed by atoms with Crippen LogP contribution >= 0.6 is 11.6 Å². The van der Waals surface area contributed by atoms with Gasteiger partial charge in [0.2, 0.25) is 0 Å². The van der Waals surface area contributed by atoms with E-state index in [1.807, 2.05) is 18.2 Å². The maximum absolute atomic E-state index is 6.46. The van der Waals surface area contributed by atoms with Crippen molar-refractivity contribution in [2.45, 2.75) is 37.6 Å². The smallest absolute Gasteiger partial charge is 0.120 e. The van der Waals surface area contributed by atoms with Crippen LogP contribution < -0.4 is 10.5 Å². The quantitative estimate of drug-likeness (QED) is 0.858. The molecule has 2 N–H and O–H groups in total. The van der Waals surface area contributed by atoms with Gasteiger partial charge in [0.1, 0.15) is 5.75 Å². The highest BCUT2D eigenvalue weighted by atomic mass is 35.5. The molecule has 0 aliphatic heterocycles. The molecule has 1 aromatic rings. The largest absolute Gasteiger partial charge is 0.497 e. The van der Waals surface area contributed by atoms with Gasteiger partial charge in [0.25, 0.3) is 0 Å². The van der Waals surface area contributed by atoms with Crippen LogP contribution in [0.5, 0.6) is 5.75 Å². The van der Waals surface area contributed by atoms with Crippen molar-refractivity contribution in [1.82, 2.24) is 0 Å². The fourth-order valence-electron chi connectivity index (χ4n) is 2.44. The standard InChI is InChI=1S/C13H18ClNO/c1-16-12-8-10(7-11(14)9-12)13(15)5-3-2-4-6-13/h7-9H,2-6,15H2,1H3. The van der Waals surface area contributed by atoms with Crippen LogP contribution in [0.25, 0.3) is 0 Å². The van der Waals surface area contributed by atoms with E-state index in [1.54, 1.807) is 7.11 Å². The Morgan fingerprint density at radius 2 is 1.88 bits per heavy atom. The first-order chi connectivity index (χ1) is 7.64. The van der Waals surface area contributed by atoms with E-state index in [0.717, 1.165) is 24.2 Å². The van der Waals surface area contributed by atoms with Gasteiger partial charge in [-0.25, -0.2) is 0 Å². The van der Waals surface area contributed by atoms with Crippen molar-refractivity contribution in [3.05, 3.63) is 28.8 Å². The summed E-state index contributed by atoms with van der Waals surface area (Å²) in [6.07, 6.45) is 5.76. The van der Waals surface area contributed by atoms with Gasteiger partial charge in [-0.05, 0) is 36.6 Å². The summed E-state index contributed by atoms with van der Waals surface area (Å²) in [6.45, 7) is 0. The molecule has 16 heavy (non-hydrogen) atoms. The van der Waals surface area contributed by atoms with Gasteiger partial charge in [-0.15, -0.1) is 0 Å². The van der Waals surface area contributed by atoms with Crippen molar-refractivity contribution < 1.29 is 4.74 Å². The zero-order chi connectivity index (χ0) is 11.6. The van der Waals surface area contributed by atoms with Crippen LogP contribution in [-0.2, 0) is 5.54 Å². The average Bonchev–Trinajstić information content (AvgIpc) is 2.29. The third-order valence-corrected chi connectivity index (χ3v) is 3.65. The van der Waals surface area contributed by atoms with Crippen molar-refractivity contribution in [1.29, 1.82) is 0 Å². The third kappa shape index (κ3) is 2.33. The predicted octanol–water partition coefficient (Wildman–Crippen LogP) is 3.47. The highest BCUT2D eigenvalue weighted by Crippen LogP contribution is 2.37. The Bertz CT molecular complexity index is 372. The molecule has 0 aromatic heterocycles. The van der Waals surface area contributed by atoms with E-state index in [-0.39, 0.29) is 5.54 Å². The van der Waals surface area contributed by atoms with Crippen LogP contribution in [0.4, 0.5) is 0 Å². The van der Waals surface area contributed by atoms with Gasteiger partial charge in [0.05, 0.1) is 7.11 Å². The minimum atomic E-state index is -0.212. The van der Waals surface area contributed by atoms with Gasteiger partial charge in [-0.3, -0.25) is 0 Å². The van der Waals surface area contributed by atoms with E-state index >= 15 is 0 Å². The third-order valence-electron chi connectivity index (χ3n) is 3.43. The van der Waals surface area contributed by atoms with Crippen LogP contribution in [0.2, 0.25) is 5.02 Å². The molecular weight excluding hydrogens is 222 g/mol. The maximum atomic E-state index is 6.46. The van der Waals surface area contributed by atoms with Crippen LogP contribution in [0, 0.1) is 0 Å². The number of rotatable bonds is 2. The molecule has 88 valence electrons. The number of halogens is 1. The molecule has 2 nitrogen and oxygen atoms in total. The molecule has 1 saturated carbocycles. The molecule has 1 aliphatic rings. The summed E-state index contributed by atoms with van der Waals surface area (Å²) in [5.74, 6) is 0.790. The number of nitrogens with two attached hydrogens (primary N) is 1. The Kier molecular flexibility index (Phi) is 3.41. The fourth-order valence-corrected chi connectivity index (χ4v) is 2.66. The van der Waals surface area contributed by atoms with Crippen molar-refractivity contribution in [3.8, 4) is 5.75 Å². The monoisotopic (exact) mass is 239 g/mol. The normalized spacial score (nSPS) is 19.4. The van der Waals surface area contributed by atoms with Crippen molar-refractivity contribution in [3.63, 3.8) is 0 Å². The summed E-state index contributed by atoms with van der Waals surface area (Å²) in [5.41, 5.74) is 7.35. The summed E-state index contributed by atoms with van der Waals surface area (Å²) in [7, 11) is 1.65. The molecule has 0 radical (unpaired) electrons. The van der Waals surface area contributed by atoms with E-state index in [2.05, 4.69) is 0 Å². The van der Waals surface area contributed by atoms with E-state index in [9.17, 15) is 0 Å². The van der Waals surface area contributed by atoms with Crippen LogP contribution in [0.3, 0.4) is 0 Å². The second-order valence-corrected chi connectivity index (χ2v) is 5.03. The van der Waals surface area contributed by atoms with Crippen LogP contribution in [0.15, 0.2) is 18.2 Å². The molecule has 0 atom stereocenters. The molecule has 0 unspecified atom stereocenters. The second-order valence-electron chi connectivity index (χ2n) is 4.60. The lowest BCUT2D eigenvalue weighted by Gasteiger charge is -2.34. The van der Waals surface area contributed by atoms with Gasteiger partial charge in [-0.2, -0.15) is 0 Å². The Morgan fingerprint density at radius 1 is 1.19 bits per heavy atom. The van der Waals surface area contributed by atoms with Gasteiger partial charge < -0.3 is 10.5 Å². The molecule has 1 aromatic carbocycles. The Labute approximate surface area is 102 Å². The first kappa shape index (κ1) is 11.7. The SMILES string of the molecule is COc1cc(Cl)cc(C2(N)CCCCC2)c1. The van der Waals surface area contributed by atoms with E-state index in [4.69, 9.17) is 22.1 Å². The lowest BCUT2D eigenvalue weighted by Crippen LogP contribution is -2.38. The Hall–Kier alpha value is -0.730. The van der Waals surface area contributed by atoms with Crippen molar-refractivity contribution >= 4 is 11.6 Å². The summed E-state index contributed by atoms with van der Waals surface area (Å²) < 4.78 is 5.23. The zero-order valence-corrected chi connectivity index (χ0v) is 10.4. The molecule has 0 spiro atoms. The first-order valence-corrected chi connectivity index (χ1v) is 6.16. The van der Waals surface area contributed by atoms with Crippen LogP contribution in [0.1, 0.15) is 37.7 Å². The average molecular weight is 240 g/mol. The molecule has 1 aliphatic carbocycles. The predicted molar refractivity (Wildman–Crippen MR) is 67.0 cm³/mol.